The highest BCUT2D eigenvalue weighted by atomic mass is 16.6. The lowest BCUT2D eigenvalue weighted by Gasteiger charge is -2.32. The van der Waals surface area contributed by atoms with Gasteiger partial charge in [0, 0.05) is 12.5 Å². The molecule has 206 valence electrons. The maximum Gasteiger partial charge on any atom is 0.407 e. The van der Waals surface area contributed by atoms with Crippen LogP contribution in [0.2, 0.25) is 0 Å². The number of amides is 1. The first-order valence-electron chi connectivity index (χ1n) is 13.4. The molecule has 0 saturated heterocycles. The average molecular weight is 517 g/mol. The number of carbonyl (C=O) groups is 2. The number of carbonyl (C=O) groups excluding carboxylic acids is 2. The fraction of sp³-hybridized carbons (Fsp3) is 0.679. The number of ether oxygens (including phenoxy) is 3. The summed E-state index contributed by atoms with van der Waals surface area (Å²) in [5, 5.41) is 2.99. The summed E-state index contributed by atoms with van der Waals surface area (Å²) in [6.07, 6.45) is 5.74. The number of aliphatic imine (C=N–C) groups is 1. The average Bonchev–Trinajstić information content (AvgIpc) is 3.61. The molecular weight excluding hydrogens is 472 g/mol. The van der Waals surface area contributed by atoms with Crippen molar-refractivity contribution in [1.29, 1.82) is 0 Å². The van der Waals surface area contributed by atoms with E-state index in [0.29, 0.717) is 29.3 Å². The highest BCUT2D eigenvalue weighted by molar-refractivity contribution is 5.90. The van der Waals surface area contributed by atoms with Gasteiger partial charge >= 0.3 is 12.1 Å². The van der Waals surface area contributed by atoms with Gasteiger partial charge in [0.05, 0.1) is 0 Å². The van der Waals surface area contributed by atoms with Crippen molar-refractivity contribution in [2.75, 3.05) is 0 Å². The van der Waals surface area contributed by atoms with Crippen molar-refractivity contribution in [3.05, 3.63) is 23.8 Å². The van der Waals surface area contributed by atoms with Gasteiger partial charge in [-0.05, 0) is 77.5 Å². The highest BCUT2D eigenvalue weighted by Crippen LogP contribution is 2.36. The molecule has 0 radical (unpaired) electrons. The summed E-state index contributed by atoms with van der Waals surface area (Å²) >= 11 is 0. The van der Waals surface area contributed by atoms with E-state index in [2.05, 4.69) is 10.3 Å². The van der Waals surface area contributed by atoms with Crippen LogP contribution in [0.4, 0.5) is 10.5 Å². The molecule has 1 fully saturated rings. The molecule has 0 spiro atoms. The van der Waals surface area contributed by atoms with Crippen molar-refractivity contribution in [3.63, 3.8) is 0 Å². The van der Waals surface area contributed by atoms with Gasteiger partial charge in [-0.1, -0.05) is 32.3 Å². The first-order chi connectivity index (χ1) is 17.3. The Balaban J connectivity index is 1.57. The van der Waals surface area contributed by atoms with Crippen LogP contribution in [-0.2, 0) is 14.3 Å². The number of nitrogens with one attached hydrogen (secondary N) is 1. The van der Waals surface area contributed by atoms with Gasteiger partial charge in [-0.25, -0.2) is 14.6 Å². The van der Waals surface area contributed by atoms with E-state index in [1.807, 2.05) is 41.5 Å². The van der Waals surface area contributed by atoms with Crippen molar-refractivity contribution in [3.8, 4) is 5.75 Å². The zero-order chi connectivity index (χ0) is 27.4. The van der Waals surface area contributed by atoms with Crippen LogP contribution in [-0.4, -0.2) is 41.2 Å². The van der Waals surface area contributed by atoms with Crippen LogP contribution in [0, 0.1) is 5.92 Å². The minimum absolute atomic E-state index is 0.212. The number of amidine groups is 1. The largest absolute Gasteiger partial charge is 0.481 e. The topological polar surface area (TPSA) is 138 Å². The Kier molecular flexibility index (Phi) is 9.10. The standard InChI is InChI=1S/C28H44N4O5/c1-7-8-20(31-26(34)37-27(3,4)14-13-18-9-10-18)16-28(5,6)36-25(33)23(29)19-11-12-22-21(15-19)32-24(30)17(2)35-22/h11-12,15,17-18,20,23H,7-10,13-14,16,29H2,1-6H3,(H2,30,32)(H,31,34). The lowest BCUT2D eigenvalue weighted by molar-refractivity contribution is -0.159. The second-order valence-corrected chi connectivity index (χ2v) is 11.6. The number of nitrogens with two attached hydrogens (primary N) is 2. The highest BCUT2D eigenvalue weighted by Gasteiger charge is 2.33. The molecule has 9 heteroatoms. The summed E-state index contributed by atoms with van der Waals surface area (Å²) in [4.78, 5) is 30.0. The van der Waals surface area contributed by atoms with Gasteiger partial charge in [-0.3, -0.25) is 0 Å². The molecule has 1 aromatic carbocycles. The van der Waals surface area contributed by atoms with Crippen LogP contribution < -0.4 is 21.5 Å². The van der Waals surface area contributed by atoms with Gasteiger partial charge in [0.1, 0.15) is 34.5 Å². The summed E-state index contributed by atoms with van der Waals surface area (Å²) in [6, 6.07) is 3.93. The van der Waals surface area contributed by atoms with E-state index < -0.39 is 29.3 Å². The van der Waals surface area contributed by atoms with Crippen molar-refractivity contribution >= 4 is 23.6 Å². The molecule has 37 heavy (non-hydrogen) atoms. The monoisotopic (exact) mass is 516 g/mol. The Morgan fingerprint density at radius 3 is 2.54 bits per heavy atom. The zero-order valence-electron chi connectivity index (χ0n) is 23.1. The Hall–Kier alpha value is -2.81. The molecule has 1 aliphatic heterocycles. The van der Waals surface area contributed by atoms with Gasteiger partial charge in [0.15, 0.2) is 6.10 Å². The second kappa shape index (κ2) is 11.7. The van der Waals surface area contributed by atoms with Crippen LogP contribution in [0.3, 0.4) is 0 Å². The number of esters is 1. The van der Waals surface area contributed by atoms with Crippen molar-refractivity contribution in [2.45, 2.75) is 116 Å². The molecule has 1 aliphatic carbocycles. The summed E-state index contributed by atoms with van der Waals surface area (Å²) in [5.41, 5.74) is 11.8. The first kappa shape index (κ1) is 28.8. The SMILES string of the molecule is CCCC(CC(C)(C)OC(=O)C(N)c1ccc2c(c1)N=C(N)C(C)O2)NC(=O)OC(C)(C)CCC1CC1. The summed E-state index contributed by atoms with van der Waals surface area (Å²) < 4.78 is 17.3. The van der Waals surface area contributed by atoms with Crippen LogP contribution in [0.1, 0.15) is 98.1 Å². The van der Waals surface area contributed by atoms with Gasteiger partial charge in [-0.2, -0.15) is 0 Å². The smallest absolute Gasteiger partial charge is 0.407 e. The minimum atomic E-state index is -1.00. The maximum absolute atomic E-state index is 13.0. The second-order valence-electron chi connectivity index (χ2n) is 11.6. The van der Waals surface area contributed by atoms with Crippen molar-refractivity contribution in [2.24, 2.45) is 22.4 Å². The van der Waals surface area contributed by atoms with E-state index in [1.165, 1.54) is 12.8 Å². The predicted octanol–water partition coefficient (Wildman–Crippen LogP) is 5.03. The number of rotatable bonds is 12. The normalized spacial score (nSPS) is 19.1. The lowest BCUT2D eigenvalue weighted by atomic mass is 9.95. The fourth-order valence-corrected chi connectivity index (χ4v) is 4.53. The third-order valence-corrected chi connectivity index (χ3v) is 6.86. The third-order valence-electron chi connectivity index (χ3n) is 6.86. The van der Waals surface area contributed by atoms with E-state index in [4.69, 9.17) is 25.7 Å². The molecule has 5 N–H and O–H groups in total. The minimum Gasteiger partial charge on any atom is -0.481 e. The first-order valence-corrected chi connectivity index (χ1v) is 13.4. The molecule has 9 nitrogen and oxygen atoms in total. The van der Waals surface area contributed by atoms with Crippen molar-refractivity contribution in [1.82, 2.24) is 5.32 Å². The summed E-state index contributed by atoms with van der Waals surface area (Å²) in [7, 11) is 0. The molecule has 3 atom stereocenters. The Morgan fingerprint density at radius 1 is 1.19 bits per heavy atom. The molecule has 2 aliphatic rings. The lowest BCUT2D eigenvalue weighted by Crippen LogP contribution is -2.45. The Bertz CT molecular complexity index is 1000. The fourth-order valence-electron chi connectivity index (χ4n) is 4.53. The van der Waals surface area contributed by atoms with Gasteiger partial charge in [-0.15, -0.1) is 0 Å². The van der Waals surface area contributed by atoms with Gasteiger partial charge in [0.25, 0.3) is 0 Å². The number of hydrogen-bond acceptors (Lipinski definition) is 8. The molecular formula is C28H44N4O5. The number of hydrogen-bond donors (Lipinski definition) is 3. The quantitative estimate of drug-likeness (QED) is 0.331. The molecule has 1 heterocycles. The molecule has 3 rings (SSSR count). The zero-order valence-corrected chi connectivity index (χ0v) is 23.1. The van der Waals surface area contributed by atoms with Crippen LogP contribution in [0.25, 0.3) is 0 Å². The molecule has 1 saturated carbocycles. The summed E-state index contributed by atoms with van der Waals surface area (Å²) in [5.74, 6) is 1.17. The van der Waals surface area contributed by atoms with Gasteiger partial charge < -0.3 is 31.0 Å². The molecule has 0 aromatic heterocycles. The molecule has 1 aromatic rings. The van der Waals surface area contributed by atoms with E-state index in [0.717, 1.165) is 31.6 Å². The number of nitrogens with zero attached hydrogens (tertiary/aromatic N) is 1. The van der Waals surface area contributed by atoms with Gasteiger partial charge in [0.2, 0.25) is 0 Å². The van der Waals surface area contributed by atoms with E-state index >= 15 is 0 Å². The van der Waals surface area contributed by atoms with Crippen LogP contribution in [0.15, 0.2) is 23.2 Å². The van der Waals surface area contributed by atoms with Crippen LogP contribution >= 0.6 is 0 Å². The Morgan fingerprint density at radius 2 is 1.89 bits per heavy atom. The third kappa shape index (κ3) is 8.62. The van der Waals surface area contributed by atoms with Crippen molar-refractivity contribution < 1.29 is 23.8 Å². The number of alkyl carbamates (subject to hydrolysis) is 1. The maximum atomic E-state index is 13.0. The Labute approximate surface area is 220 Å². The number of fused-ring (bicyclic) bond motifs is 1. The molecule has 0 bridgehead atoms. The van der Waals surface area contributed by atoms with E-state index in [9.17, 15) is 9.59 Å². The predicted molar refractivity (Wildman–Crippen MR) is 144 cm³/mol. The molecule has 1 amide bonds. The molecule has 3 unspecified atom stereocenters. The van der Waals surface area contributed by atoms with Crippen LogP contribution in [0.5, 0.6) is 5.75 Å². The van der Waals surface area contributed by atoms with E-state index in [1.54, 1.807) is 18.2 Å². The number of benzene rings is 1. The van der Waals surface area contributed by atoms with E-state index in [-0.39, 0.29) is 12.1 Å². The summed E-state index contributed by atoms with van der Waals surface area (Å²) in [6.45, 7) is 11.4.